The van der Waals surface area contributed by atoms with E-state index in [1.807, 2.05) is 6.92 Å². The highest BCUT2D eigenvalue weighted by Gasteiger charge is 2.28. The van der Waals surface area contributed by atoms with Crippen LogP contribution in [0.25, 0.3) is 0 Å². The molecule has 4 heteroatoms. The van der Waals surface area contributed by atoms with E-state index in [4.69, 9.17) is 0 Å². The zero-order valence-corrected chi connectivity index (χ0v) is 12.0. The smallest absolute Gasteiger partial charge is 0.237 e. The van der Waals surface area contributed by atoms with Crippen molar-refractivity contribution in [3.63, 3.8) is 0 Å². The zero-order valence-electron chi connectivity index (χ0n) is 12.0. The molecule has 2 aliphatic carbocycles. The number of nitrogens with one attached hydrogen (secondary N) is 2. The first-order chi connectivity index (χ1) is 9.20. The molecule has 0 aliphatic heterocycles. The van der Waals surface area contributed by atoms with Gasteiger partial charge < -0.3 is 15.7 Å². The topological polar surface area (TPSA) is 61.4 Å². The Labute approximate surface area is 116 Å². The van der Waals surface area contributed by atoms with Crippen LogP contribution < -0.4 is 10.6 Å². The van der Waals surface area contributed by atoms with Crippen molar-refractivity contribution in [2.75, 3.05) is 6.61 Å². The van der Waals surface area contributed by atoms with E-state index in [0.717, 1.165) is 25.7 Å². The number of carbonyl (C=O) groups is 1. The predicted octanol–water partition coefficient (Wildman–Crippen LogP) is 1.57. The molecule has 0 aromatic rings. The van der Waals surface area contributed by atoms with Crippen molar-refractivity contribution in [2.24, 2.45) is 5.92 Å². The molecule has 0 aromatic carbocycles. The normalized spacial score (nSPS) is 30.2. The molecular formula is C15H28N2O2. The van der Waals surface area contributed by atoms with Crippen molar-refractivity contribution >= 4 is 5.91 Å². The molecule has 110 valence electrons. The monoisotopic (exact) mass is 268 g/mol. The summed E-state index contributed by atoms with van der Waals surface area (Å²) in [7, 11) is 0. The van der Waals surface area contributed by atoms with Crippen molar-refractivity contribution in [1.82, 2.24) is 10.6 Å². The summed E-state index contributed by atoms with van der Waals surface area (Å²) in [5.74, 6) is 0.435. The maximum Gasteiger partial charge on any atom is 0.237 e. The lowest BCUT2D eigenvalue weighted by Crippen LogP contribution is -2.52. The zero-order chi connectivity index (χ0) is 13.7. The van der Waals surface area contributed by atoms with E-state index in [-0.39, 0.29) is 18.6 Å². The van der Waals surface area contributed by atoms with Crippen LogP contribution in [0.1, 0.15) is 58.3 Å². The fourth-order valence-corrected chi connectivity index (χ4v) is 3.44. The summed E-state index contributed by atoms with van der Waals surface area (Å²) in [6.45, 7) is 2.17. The Balaban J connectivity index is 1.78. The summed E-state index contributed by atoms with van der Waals surface area (Å²) in [5.41, 5.74) is 0. The Kier molecular flexibility index (Phi) is 5.64. The number of aliphatic hydroxyl groups is 1. The van der Waals surface area contributed by atoms with Gasteiger partial charge >= 0.3 is 0 Å². The molecule has 0 aromatic heterocycles. The Morgan fingerprint density at radius 3 is 2.47 bits per heavy atom. The molecule has 0 radical (unpaired) electrons. The van der Waals surface area contributed by atoms with Crippen LogP contribution in [0.15, 0.2) is 0 Å². The van der Waals surface area contributed by atoms with Crippen LogP contribution in [-0.2, 0) is 4.79 Å². The van der Waals surface area contributed by atoms with Gasteiger partial charge in [-0.15, -0.1) is 0 Å². The van der Waals surface area contributed by atoms with Gasteiger partial charge in [-0.3, -0.25) is 4.79 Å². The van der Waals surface area contributed by atoms with Crippen LogP contribution in [0.3, 0.4) is 0 Å². The van der Waals surface area contributed by atoms with Crippen LogP contribution in [-0.4, -0.2) is 35.7 Å². The fraction of sp³-hybridized carbons (Fsp3) is 0.933. The number of rotatable bonds is 5. The average molecular weight is 268 g/mol. The molecule has 2 aliphatic rings. The molecular weight excluding hydrogens is 240 g/mol. The molecule has 3 atom stereocenters. The molecule has 0 bridgehead atoms. The highest BCUT2D eigenvalue weighted by atomic mass is 16.3. The van der Waals surface area contributed by atoms with Gasteiger partial charge in [-0.25, -0.2) is 0 Å². The molecule has 3 unspecified atom stereocenters. The van der Waals surface area contributed by atoms with E-state index >= 15 is 0 Å². The van der Waals surface area contributed by atoms with Gasteiger partial charge in [0.25, 0.3) is 0 Å². The maximum atomic E-state index is 12.1. The first-order valence-corrected chi connectivity index (χ1v) is 7.88. The van der Waals surface area contributed by atoms with E-state index in [2.05, 4.69) is 10.6 Å². The third-order valence-electron chi connectivity index (χ3n) is 4.70. The summed E-state index contributed by atoms with van der Waals surface area (Å²) in [6, 6.07) is 0.526. The van der Waals surface area contributed by atoms with Gasteiger partial charge in [0.15, 0.2) is 0 Å². The van der Waals surface area contributed by atoms with Crippen LogP contribution in [0.4, 0.5) is 0 Å². The van der Waals surface area contributed by atoms with E-state index in [1.165, 1.54) is 25.7 Å². The molecule has 2 saturated carbocycles. The number of carbonyl (C=O) groups excluding carboxylic acids is 1. The minimum absolute atomic E-state index is 0.120. The lowest BCUT2D eigenvalue weighted by Gasteiger charge is -2.33. The van der Waals surface area contributed by atoms with Crippen LogP contribution in [0.5, 0.6) is 0 Å². The molecule has 1 amide bonds. The maximum absolute atomic E-state index is 12.1. The second-order valence-electron chi connectivity index (χ2n) is 6.21. The van der Waals surface area contributed by atoms with Crippen molar-refractivity contribution in [3.05, 3.63) is 0 Å². The molecule has 4 nitrogen and oxygen atoms in total. The summed E-state index contributed by atoms with van der Waals surface area (Å²) in [5, 5.41) is 16.0. The van der Waals surface area contributed by atoms with Crippen molar-refractivity contribution in [1.29, 1.82) is 0 Å². The largest absolute Gasteiger partial charge is 0.396 e. The molecule has 2 fully saturated rings. The minimum Gasteiger partial charge on any atom is -0.396 e. The van der Waals surface area contributed by atoms with Crippen molar-refractivity contribution in [2.45, 2.75) is 76.4 Å². The molecule has 3 N–H and O–H groups in total. The Morgan fingerprint density at radius 2 is 1.79 bits per heavy atom. The highest BCUT2D eigenvalue weighted by Crippen LogP contribution is 2.24. The SMILES string of the molecule is CC(NC1CCCCC1CO)C(=O)NC1CCCC1. The minimum atomic E-state index is -0.155. The summed E-state index contributed by atoms with van der Waals surface area (Å²) >= 11 is 0. The first-order valence-electron chi connectivity index (χ1n) is 7.88. The molecule has 0 saturated heterocycles. The fourth-order valence-electron chi connectivity index (χ4n) is 3.44. The van der Waals surface area contributed by atoms with Gasteiger partial charge in [0.2, 0.25) is 5.91 Å². The second-order valence-corrected chi connectivity index (χ2v) is 6.21. The number of hydrogen-bond acceptors (Lipinski definition) is 3. The Morgan fingerprint density at radius 1 is 1.16 bits per heavy atom. The van der Waals surface area contributed by atoms with E-state index in [1.54, 1.807) is 0 Å². The predicted molar refractivity (Wildman–Crippen MR) is 75.8 cm³/mol. The summed E-state index contributed by atoms with van der Waals surface area (Å²) < 4.78 is 0. The number of amides is 1. The van der Waals surface area contributed by atoms with Gasteiger partial charge in [0.1, 0.15) is 0 Å². The quantitative estimate of drug-likeness (QED) is 0.709. The van der Waals surface area contributed by atoms with Gasteiger partial charge in [0.05, 0.1) is 6.04 Å². The van der Waals surface area contributed by atoms with Crippen molar-refractivity contribution < 1.29 is 9.90 Å². The van der Waals surface area contributed by atoms with Gasteiger partial charge in [-0.1, -0.05) is 25.7 Å². The van der Waals surface area contributed by atoms with Gasteiger partial charge in [-0.05, 0) is 38.5 Å². The average Bonchev–Trinajstić information content (AvgIpc) is 2.92. The Hall–Kier alpha value is -0.610. The summed E-state index contributed by atoms with van der Waals surface area (Å²) in [4.78, 5) is 12.1. The van der Waals surface area contributed by atoms with Gasteiger partial charge in [0, 0.05) is 18.7 Å². The lowest BCUT2D eigenvalue weighted by atomic mass is 9.84. The summed E-state index contributed by atoms with van der Waals surface area (Å²) in [6.07, 6.45) is 9.28. The number of aliphatic hydroxyl groups excluding tert-OH is 1. The number of hydrogen-bond donors (Lipinski definition) is 3. The highest BCUT2D eigenvalue weighted by molar-refractivity contribution is 5.81. The third-order valence-corrected chi connectivity index (χ3v) is 4.70. The van der Waals surface area contributed by atoms with Crippen molar-refractivity contribution in [3.8, 4) is 0 Å². The second kappa shape index (κ2) is 7.25. The molecule has 0 heterocycles. The van der Waals surface area contributed by atoms with E-state index in [0.29, 0.717) is 18.0 Å². The first kappa shape index (κ1) is 14.8. The van der Waals surface area contributed by atoms with Crippen LogP contribution >= 0.6 is 0 Å². The van der Waals surface area contributed by atoms with E-state index in [9.17, 15) is 9.90 Å². The van der Waals surface area contributed by atoms with Crippen LogP contribution in [0, 0.1) is 5.92 Å². The standard InChI is InChI=1S/C15H28N2O2/c1-11(15(19)17-13-7-3-4-8-13)16-14-9-5-2-6-12(14)10-18/h11-14,16,18H,2-10H2,1H3,(H,17,19). The van der Waals surface area contributed by atoms with Gasteiger partial charge in [-0.2, -0.15) is 0 Å². The lowest BCUT2D eigenvalue weighted by molar-refractivity contribution is -0.123. The molecule has 0 spiro atoms. The molecule has 2 rings (SSSR count). The van der Waals surface area contributed by atoms with E-state index < -0.39 is 0 Å². The third kappa shape index (κ3) is 4.18. The molecule has 19 heavy (non-hydrogen) atoms. The Bertz CT molecular complexity index is 290. The van der Waals surface area contributed by atoms with Crippen LogP contribution in [0.2, 0.25) is 0 Å².